The third-order valence-corrected chi connectivity index (χ3v) is 3.10. The fraction of sp³-hybridized carbons (Fsp3) is 0.273. The molecule has 0 aromatic carbocycles. The van der Waals surface area contributed by atoms with E-state index in [4.69, 9.17) is 5.73 Å². The van der Waals surface area contributed by atoms with Gasteiger partial charge in [-0.05, 0) is 26.3 Å². The maximum atomic E-state index is 5.73. The largest absolute Gasteiger partial charge is 0.368 e. The Morgan fingerprint density at radius 1 is 1.05 bits per heavy atom. The van der Waals surface area contributed by atoms with Crippen LogP contribution in [0.2, 0.25) is 0 Å². The van der Waals surface area contributed by atoms with Crippen molar-refractivity contribution in [3.63, 3.8) is 0 Å². The summed E-state index contributed by atoms with van der Waals surface area (Å²) < 4.78 is 3.06. The predicted octanol–water partition coefficient (Wildman–Crippen LogP) is 0.145. The number of aryl methyl sites for hydroxylation is 1. The molecule has 9 heteroatoms. The molecule has 0 aliphatic heterocycles. The minimum absolute atomic E-state index is 0.103. The second kappa shape index (κ2) is 4.37. The summed E-state index contributed by atoms with van der Waals surface area (Å²) in [6.07, 6.45) is 2.89. The Hall–Kier alpha value is -2.84. The third-order valence-electron chi connectivity index (χ3n) is 3.10. The molecule has 0 unspecified atom stereocenters. The van der Waals surface area contributed by atoms with Crippen LogP contribution in [-0.2, 0) is 0 Å². The number of nitrogens with zero attached hydrogens (tertiary/aromatic N) is 8. The van der Waals surface area contributed by atoms with Crippen LogP contribution in [0.1, 0.15) is 17.0 Å². The summed E-state index contributed by atoms with van der Waals surface area (Å²) in [6, 6.07) is 0. The smallest absolute Gasteiger partial charge is 0.258 e. The lowest BCUT2D eigenvalue weighted by Gasteiger charge is -2.05. The second-order valence-corrected chi connectivity index (χ2v) is 4.34. The molecule has 3 rings (SSSR count). The highest BCUT2D eigenvalue weighted by atomic mass is 15.4. The summed E-state index contributed by atoms with van der Waals surface area (Å²) in [6.45, 7) is 5.88. The fourth-order valence-corrected chi connectivity index (χ4v) is 1.79. The maximum Gasteiger partial charge on any atom is 0.258 e. The van der Waals surface area contributed by atoms with Crippen molar-refractivity contribution in [3.05, 3.63) is 29.6 Å². The Kier molecular flexibility index (Phi) is 2.67. The van der Waals surface area contributed by atoms with Gasteiger partial charge in [-0.1, -0.05) is 0 Å². The molecule has 0 radical (unpaired) electrons. The van der Waals surface area contributed by atoms with Gasteiger partial charge in [0.2, 0.25) is 5.95 Å². The van der Waals surface area contributed by atoms with Gasteiger partial charge in [0, 0.05) is 5.69 Å². The number of nitrogens with two attached hydrogens (primary N) is 1. The van der Waals surface area contributed by atoms with Crippen molar-refractivity contribution < 1.29 is 0 Å². The van der Waals surface area contributed by atoms with E-state index in [-0.39, 0.29) is 5.95 Å². The van der Waals surface area contributed by atoms with Crippen LogP contribution < -0.4 is 5.73 Å². The van der Waals surface area contributed by atoms with E-state index in [0.717, 1.165) is 17.0 Å². The van der Waals surface area contributed by atoms with Gasteiger partial charge in [-0.15, -0.1) is 0 Å². The second-order valence-electron chi connectivity index (χ2n) is 4.34. The number of nitrogen functional groups attached to an aromatic ring is 1. The van der Waals surface area contributed by atoms with E-state index in [1.807, 2.05) is 20.8 Å². The van der Waals surface area contributed by atoms with Gasteiger partial charge in [0.05, 0.1) is 5.69 Å². The molecule has 0 saturated heterocycles. The normalized spacial score (nSPS) is 10.9. The highest BCUT2D eigenvalue weighted by molar-refractivity contribution is 5.32. The molecule has 9 nitrogen and oxygen atoms in total. The topological polar surface area (TPSA) is 113 Å². The minimum atomic E-state index is 0.103. The van der Waals surface area contributed by atoms with Crippen molar-refractivity contribution in [2.45, 2.75) is 20.8 Å². The number of hydrogen-bond donors (Lipinski definition) is 1. The average Bonchev–Trinajstić information content (AvgIpc) is 3.03. The molecular weight excluding hydrogens is 258 g/mol. The molecule has 0 aliphatic carbocycles. The minimum Gasteiger partial charge on any atom is -0.368 e. The number of aromatic nitrogens is 8. The fourth-order valence-electron chi connectivity index (χ4n) is 1.79. The molecule has 3 aromatic rings. The Balaban J connectivity index is 2.17. The van der Waals surface area contributed by atoms with E-state index >= 15 is 0 Å². The van der Waals surface area contributed by atoms with E-state index in [1.165, 1.54) is 17.3 Å². The zero-order chi connectivity index (χ0) is 14.3. The number of hydrogen-bond acceptors (Lipinski definition) is 7. The van der Waals surface area contributed by atoms with Crippen molar-refractivity contribution >= 4 is 5.95 Å². The van der Waals surface area contributed by atoms with Gasteiger partial charge in [-0.3, -0.25) is 0 Å². The zero-order valence-corrected chi connectivity index (χ0v) is 11.3. The van der Waals surface area contributed by atoms with Crippen LogP contribution in [0.5, 0.6) is 0 Å². The molecule has 0 spiro atoms. The van der Waals surface area contributed by atoms with Crippen LogP contribution in [0.25, 0.3) is 11.9 Å². The van der Waals surface area contributed by atoms with Crippen LogP contribution in [0.4, 0.5) is 5.95 Å². The number of rotatable bonds is 2. The van der Waals surface area contributed by atoms with E-state index in [0.29, 0.717) is 11.9 Å². The lowest BCUT2D eigenvalue weighted by Crippen LogP contribution is -2.13. The third kappa shape index (κ3) is 1.88. The molecule has 0 bridgehead atoms. The SMILES string of the molecule is Cc1nn(-c2nc(N)nc(-n3cncn3)n2)c(C)c1C. The van der Waals surface area contributed by atoms with Crippen LogP contribution >= 0.6 is 0 Å². The Labute approximate surface area is 114 Å². The molecule has 0 fully saturated rings. The first-order valence-electron chi connectivity index (χ1n) is 5.96. The summed E-state index contributed by atoms with van der Waals surface area (Å²) in [5.74, 6) is 0.762. The van der Waals surface area contributed by atoms with Gasteiger partial charge in [-0.2, -0.15) is 29.8 Å². The lowest BCUT2D eigenvalue weighted by molar-refractivity contribution is 0.731. The van der Waals surface area contributed by atoms with Gasteiger partial charge >= 0.3 is 0 Å². The Morgan fingerprint density at radius 2 is 1.80 bits per heavy atom. The quantitative estimate of drug-likeness (QED) is 0.705. The molecule has 3 aromatic heterocycles. The van der Waals surface area contributed by atoms with Gasteiger partial charge in [0.1, 0.15) is 12.7 Å². The average molecular weight is 271 g/mol. The van der Waals surface area contributed by atoms with Crippen molar-refractivity contribution in [2.75, 3.05) is 5.73 Å². The molecule has 0 atom stereocenters. The highest BCUT2D eigenvalue weighted by Crippen LogP contribution is 2.15. The first-order valence-corrected chi connectivity index (χ1v) is 5.96. The van der Waals surface area contributed by atoms with Crippen molar-refractivity contribution in [2.24, 2.45) is 0 Å². The van der Waals surface area contributed by atoms with Gasteiger partial charge in [0.25, 0.3) is 11.9 Å². The van der Waals surface area contributed by atoms with E-state index in [9.17, 15) is 0 Å². The maximum absolute atomic E-state index is 5.73. The molecule has 0 aliphatic rings. The van der Waals surface area contributed by atoms with Crippen LogP contribution in [0.3, 0.4) is 0 Å². The highest BCUT2D eigenvalue weighted by Gasteiger charge is 2.14. The molecule has 20 heavy (non-hydrogen) atoms. The molecule has 3 heterocycles. The van der Waals surface area contributed by atoms with Gasteiger partial charge in [0.15, 0.2) is 0 Å². The monoisotopic (exact) mass is 271 g/mol. The van der Waals surface area contributed by atoms with Gasteiger partial charge < -0.3 is 5.73 Å². The summed E-state index contributed by atoms with van der Waals surface area (Å²) in [5.41, 5.74) is 8.70. The van der Waals surface area contributed by atoms with Crippen LogP contribution in [0, 0.1) is 20.8 Å². The summed E-state index contributed by atoms with van der Waals surface area (Å²) in [5, 5.41) is 8.38. The Bertz CT molecular complexity index is 757. The van der Waals surface area contributed by atoms with E-state index < -0.39 is 0 Å². The summed E-state index contributed by atoms with van der Waals surface area (Å²) in [7, 11) is 0. The van der Waals surface area contributed by atoms with E-state index in [1.54, 1.807) is 4.68 Å². The number of anilines is 1. The van der Waals surface area contributed by atoms with Crippen LogP contribution in [-0.4, -0.2) is 39.5 Å². The lowest BCUT2D eigenvalue weighted by atomic mass is 10.2. The molecule has 102 valence electrons. The summed E-state index contributed by atoms with van der Waals surface area (Å²) >= 11 is 0. The molecule has 0 amide bonds. The Morgan fingerprint density at radius 3 is 2.40 bits per heavy atom. The molecule has 2 N–H and O–H groups in total. The van der Waals surface area contributed by atoms with Crippen molar-refractivity contribution in [1.82, 2.24) is 39.5 Å². The zero-order valence-electron chi connectivity index (χ0n) is 11.3. The van der Waals surface area contributed by atoms with E-state index in [2.05, 4.69) is 30.1 Å². The van der Waals surface area contributed by atoms with Crippen LogP contribution in [0.15, 0.2) is 12.7 Å². The standard InChI is InChI=1S/C11H13N9/c1-6-7(2)18-20(8(6)3)11-16-9(12)15-10(17-11)19-5-13-4-14-19/h4-5H,1-3H3,(H2,12,15,16,17). The van der Waals surface area contributed by atoms with Gasteiger partial charge in [-0.25, -0.2) is 9.67 Å². The van der Waals surface area contributed by atoms with Crippen molar-refractivity contribution in [1.29, 1.82) is 0 Å². The van der Waals surface area contributed by atoms with Crippen molar-refractivity contribution in [3.8, 4) is 11.9 Å². The first kappa shape index (κ1) is 12.2. The first-order chi connectivity index (χ1) is 9.56. The predicted molar refractivity (Wildman–Crippen MR) is 70.5 cm³/mol. The molecule has 0 saturated carbocycles. The molecular formula is C11H13N9. The summed E-state index contributed by atoms with van der Waals surface area (Å²) in [4.78, 5) is 16.3.